The van der Waals surface area contributed by atoms with E-state index in [0.717, 1.165) is 11.1 Å². The lowest BCUT2D eigenvalue weighted by molar-refractivity contribution is 0.555. The fourth-order valence-electron chi connectivity index (χ4n) is 1.27. The molecular formula is C11H13ClN2O. The fraction of sp³-hybridized carbons (Fsp3) is 0.364. The Balaban J connectivity index is 2.39. The third-order valence-electron chi connectivity index (χ3n) is 1.83. The van der Waals surface area contributed by atoms with Crippen LogP contribution in [0.25, 0.3) is 11.1 Å². The van der Waals surface area contributed by atoms with Crippen LogP contribution >= 0.6 is 11.6 Å². The molecule has 0 saturated carbocycles. The predicted octanol–water partition coefficient (Wildman–Crippen LogP) is 3.69. The zero-order chi connectivity index (χ0) is 11.1. The van der Waals surface area contributed by atoms with E-state index in [2.05, 4.69) is 31.1 Å². The van der Waals surface area contributed by atoms with Gasteiger partial charge in [-0.15, -0.1) is 0 Å². The van der Waals surface area contributed by atoms with Gasteiger partial charge in [0.2, 0.25) is 0 Å². The van der Waals surface area contributed by atoms with Crippen molar-refractivity contribution in [1.82, 2.24) is 4.98 Å². The van der Waals surface area contributed by atoms with Gasteiger partial charge < -0.3 is 9.73 Å². The second-order valence-corrected chi connectivity index (χ2v) is 4.94. The summed E-state index contributed by atoms with van der Waals surface area (Å²) in [6.07, 6.45) is 0. The van der Waals surface area contributed by atoms with Crippen molar-refractivity contribution in [2.45, 2.75) is 26.3 Å². The Morgan fingerprint density at radius 1 is 1.33 bits per heavy atom. The molecule has 0 aliphatic heterocycles. The van der Waals surface area contributed by atoms with Gasteiger partial charge in [-0.1, -0.05) is 11.6 Å². The standard InChI is InChI=1S/C11H13ClN2O/c1-11(2,3)14-10-13-8-6-7(12)4-5-9(8)15-10/h4-6H,1-3H3,(H,13,14). The lowest BCUT2D eigenvalue weighted by atomic mass is 10.1. The summed E-state index contributed by atoms with van der Waals surface area (Å²) in [5.74, 6) is 0. The SMILES string of the molecule is CC(C)(C)Nc1nc2cc(Cl)ccc2o1. The predicted molar refractivity (Wildman–Crippen MR) is 62.4 cm³/mol. The van der Waals surface area contributed by atoms with Crippen molar-refractivity contribution in [3.63, 3.8) is 0 Å². The first-order valence-corrected chi connectivity index (χ1v) is 5.16. The molecule has 0 aliphatic rings. The zero-order valence-electron chi connectivity index (χ0n) is 8.97. The number of nitrogens with one attached hydrogen (secondary N) is 1. The van der Waals surface area contributed by atoms with Crippen LogP contribution in [0.2, 0.25) is 5.02 Å². The number of aromatic nitrogens is 1. The first-order chi connectivity index (χ1) is 6.94. The number of fused-ring (bicyclic) bond motifs is 1. The highest BCUT2D eigenvalue weighted by atomic mass is 35.5. The van der Waals surface area contributed by atoms with Crippen molar-refractivity contribution >= 4 is 28.7 Å². The number of oxazole rings is 1. The number of nitrogens with zero attached hydrogens (tertiary/aromatic N) is 1. The van der Waals surface area contributed by atoms with E-state index in [1.165, 1.54) is 0 Å². The summed E-state index contributed by atoms with van der Waals surface area (Å²) in [5, 5.41) is 3.83. The molecule has 1 aromatic heterocycles. The summed E-state index contributed by atoms with van der Waals surface area (Å²) in [5.41, 5.74) is 1.45. The average Bonchev–Trinajstić information content (AvgIpc) is 2.42. The first-order valence-electron chi connectivity index (χ1n) is 4.78. The van der Waals surface area contributed by atoms with Crippen molar-refractivity contribution < 1.29 is 4.42 Å². The first kappa shape index (κ1) is 10.3. The van der Waals surface area contributed by atoms with Gasteiger partial charge in [-0.25, -0.2) is 0 Å². The molecule has 0 unspecified atom stereocenters. The second-order valence-electron chi connectivity index (χ2n) is 4.51. The molecule has 80 valence electrons. The Morgan fingerprint density at radius 2 is 2.07 bits per heavy atom. The fourth-order valence-corrected chi connectivity index (χ4v) is 1.44. The summed E-state index contributed by atoms with van der Waals surface area (Å²) in [6, 6.07) is 5.92. The molecule has 2 aromatic rings. The van der Waals surface area contributed by atoms with Crippen LogP contribution in [0.4, 0.5) is 6.01 Å². The van der Waals surface area contributed by atoms with E-state index in [0.29, 0.717) is 11.0 Å². The monoisotopic (exact) mass is 224 g/mol. The topological polar surface area (TPSA) is 38.1 Å². The van der Waals surface area contributed by atoms with E-state index in [1.807, 2.05) is 6.07 Å². The van der Waals surface area contributed by atoms with Crippen LogP contribution in [0.15, 0.2) is 22.6 Å². The van der Waals surface area contributed by atoms with Crippen molar-refractivity contribution in [3.8, 4) is 0 Å². The van der Waals surface area contributed by atoms with Crippen LogP contribution in [0.3, 0.4) is 0 Å². The Bertz CT molecular complexity index is 485. The number of rotatable bonds is 1. The third-order valence-corrected chi connectivity index (χ3v) is 2.07. The Labute approximate surface area is 93.4 Å². The van der Waals surface area contributed by atoms with Gasteiger partial charge in [0.15, 0.2) is 5.58 Å². The van der Waals surface area contributed by atoms with Crippen molar-refractivity contribution in [3.05, 3.63) is 23.2 Å². The van der Waals surface area contributed by atoms with Crippen LogP contribution in [-0.2, 0) is 0 Å². The minimum atomic E-state index is -0.0648. The molecule has 1 N–H and O–H groups in total. The van der Waals surface area contributed by atoms with Gasteiger partial charge in [0, 0.05) is 10.6 Å². The number of benzene rings is 1. The highest BCUT2D eigenvalue weighted by Crippen LogP contribution is 2.23. The van der Waals surface area contributed by atoms with Gasteiger partial charge in [0.25, 0.3) is 6.01 Å². The molecule has 15 heavy (non-hydrogen) atoms. The van der Waals surface area contributed by atoms with E-state index in [1.54, 1.807) is 12.1 Å². The van der Waals surface area contributed by atoms with Crippen molar-refractivity contribution in [1.29, 1.82) is 0 Å². The van der Waals surface area contributed by atoms with E-state index in [-0.39, 0.29) is 5.54 Å². The maximum Gasteiger partial charge on any atom is 0.296 e. The largest absolute Gasteiger partial charge is 0.424 e. The van der Waals surface area contributed by atoms with Crippen molar-refractivity contribution in [2.24, 2.45) is 0 Å². The van der Waals surface area contributed by atoms with Gasteiger partial charge in [-0.3, -0.25) is 0 Å². The maximum absolute atomic E-state index is 5.86. The van der Waals surface area contributed by atoms with Crippen LogP contribution in [0.1, 0.15) is 20.8 Å². The molecule has 2 rings (SSSR count). The van der Waals surface area contributed by atoms with Gasteiger partial charge >= 0.3 is 0 Å². The zero-order valence-corrected chi connectivity index (χ0v) is 9.72. The molecule has 1 aromatic carbocycles. The van der Waals surface area contributed by atoms with E-state index in [4.69, 9.17) is 16.0 Å². The lowest BCUT2D eigenvalue weighted by Crippen LogP contribution is -2.26. The molecule has 4 heteroatoms. The summed E-state index contributed by atoms with van der Waals surface area (Å²) in [6.45, 7) is 6.15. The van der Waals surface area contributed by atoms with E-state index < -0.39 is 0 Å². The third kappa shape index (κ3) is 2.42. The number of hydrogen-bond donors (Lipinski definition) is 1. The summed E-state index contributed by atoms with van der Waals surface area (Å²) < 4.78 is 5.52. The van der Waals surface area contributed by atoms with Crippen LogP contribution in [-0.4, -0.2) is 10.5 Å². The molecule has 0 amide bonds. The van der Waals surface area contributed by atoms with Gasteiger partial charge in [-0.2, -0.15) is 4.98 Å². The van der Waals surface area contributed by atoms with Crippen LogP contribution in [0, 0.1) is 0 Å². The van der Waals surface area contributed by atoms with Gasteiger partial charge in [0.05, 0.1) is 0 Å². The minimum Gasteiger partial charge on any atom is -0.424 e. The summed E-state index contributed by atoms with van der Waals surface area (Å²) in [4.78, 5) is 4.30. The summed E-state index contributed by atoms with van der Waals surface area (Å²) in [7, 11) is 0. The van der Waals surface area contributed by atoms with E-state index in [9.17, 15) is 0 Å². The molecule has 3 nitrogen and oxygen atoms in total. The highest BCUT2D eigenvalue weighted by molar-refractivity contribution is 6.31. The van der Waals surface area contributed by atoms with E-state index >= 15 is 0 Å². The van der Waals surface area contributed by atoms with Gasteiger partial charge in [0.1, 0.15) is 5.52 Å². The Morgan fingerprint density at radius 3 is 2.73 bits per heavy atom. The molecule has 0 bridgehead atoms. The molecule has 0 aliphatic carbocycles. The quantitative estimate of drug-likeness (QED) is 0.803. The highest BCUT2D eigenvalue weighted by Gasteiger charge is 2.13. The average molecular weight is 225 g/mol. The summed E-state index contributed by atoms with van der Waals surface area (Å²) >= 11 is 5.86. The second kappa shape index (κ2) is 3.42. The number of hydrogen-bond acceptors (Lipinski definition) is 3. The molecular weight excluding hydrogens is 212 g/mol. The lowest BCUT2D eigenvalue weighted by Gasteiger charge is -2.18. The molecule has 0 saturated heterocycles. The maximum atomic E-state index is 5.86. The molecule has 0 spiro atoms. The number of halogens is 1. The Hall–Kier alpha value is -1.22. The normalized spacial score (nSPS) is 12.0. The molecule has 0 radical (unpaired) electrons. The Kier molecular flexibility index (Phi) is 2.35. The molecule has 0 fully saturated rings. The van der Waals surface area contributed by atoms with Crippen LogP contribution < -0.4 is 5.32 Å². The molecule has 1 heterocycles. The minimum absolute atomic E-state index is 0.0648. The smallest absolute Gasteiger partial charge is 0.296 e. The van der Waals surface area contributed by atoms with Crippen LogP contribution in [0.5, 0.6) is 0 Å². The molecule has 0 atom stereocenters. The van der Waals surface area contributed by atoms with Gasteiger partial charge in [-0.05, 0) is 39.0 Å². The number of anilines is 1. The van der Waals surface area contributed by atoms with Crippen molar-refractivity contribution in [2.75, 3.05) is 5.32 Å².